The molecule has 0 aromatic carbocycles. The highest BCUT2D eigenvalue weighted by Crippen LogP contribution is 2.47. The van der Waals surface area contributed by atoms with Crippen molar-refractivity contribution in [2.24, 2.45) is 5.41 Å². The lowest BCUT2D eigenvalue weighted by atomic mass is 9.70. The molecular formula is C12H9NO2. The van der Waals surface area contributed by atoms with E-state index in [4.69, 9.17) is 0 Å². The van der Waals surface area contributed by atoms with Crippen molar-refractivity contribution in [1.29, 1.82) is 0 Å². The van der Waals surface area contributed by atoms with Crippen LogP contribution in [-0.4, -0.2) is 11.6 Å². The summed E-state index contributed by atoms with van der Waals surface area (Å²) in [7, 11) is 0. The molecule has 2 aliphatic carbocycles. The van der Waals surface area contributed by atoms with Crippen LogP contribution < -0.4 is 5.32 Å². The summed E-state index contributed by atoms with van der Waals surface area (Å²) in [5, 5.41) is 3.07. The van der Waals surface area contributed by atoms with Crippen molar-refractivity contribution in [2.45, 2.75) is 6.42 Å². The van der Waals surface area contributed by atoms with Crippen LogP contribution in [0.4, 0.5) is 0 Å². The van der Waals surface area contributed by atoms with Crippen LogP contribution >= 0.6 is 0 Å². The number of Topliss-reactive ketones (excluding diaryl/α,β-unsaturated/α-hetero) is 1. The van der Waals surface area contributed by atoms with Gasteiger partial charge in [-0.3, -0.25) is 9.59 Å². The van der Waals surface area contributed by atoms with Gasteiger partial charge in [0.05, 0.1) is 5.41 Å². The molecule has 1 unspecified atom stereocenters. The minimum Gasteiger partial charge on any atom is -0.364 e. The van der Waals surface area contributed by atoms with Crippen LogP contribution in [0.2, 0.25) is 0 Å². The summed E-state index contributed by atoms with van der Waals surface area (Å²) in [5.41, 5.74) is 1.49. The molecule has 0 saturated carbocycles. The number of allylic oxidation sites excluding steroid dienone is 5. The van der Waals surface area contributed by atoms with E-state index in [0.717, 1.165) is 11.3 Å². The fourth-order valence-corrected chi connectivity index (χ4v) is 2.31. The normalized spacial score (nSPS) is 31.7. The SMILES string of the molecule is O=C1C=C2NC=C3C=CC=CC32CC1=O. The van der Waals surface area contributed by atoms with Crippen LogP contribution in [0.25, 0.3) is 0 Å². The van der Waals surface area contributed by atoms with Gasteiger partial charge in [-0.1, -0.05) is 24.3 Å². The van der Waals surface area contributed by atoms with E-state index in [1.54, 1.807) is 0 Å². The molecule has 1 aliphatic heterocycles. The Bertz CT molecular complexity index is 494. The smallest absolute Gasteiger partial charge is 0.223 e. The molecule has 0 bridgehead atoms. The minimum absolute atomic E-state index is 0.247. The van der Waals surface area contributed by atoms with Crippen molar-refractivity contribution >= 4 is 11.6 Å². The first kappa shape index (κ1) is 8.41. The third-order valence-corrected chi connectivity index (χ3v) is 3.14. The maximum atomic E-state index is 11.5. The quantitative estimate of drug-likeness (QED) is 0.592. The Morgan fingerprint density at radius 3 is 3.00 bits per heavy atom. The zero-order valence-corrected chi connectivity index (χ0v) is 7.99. The van der Waals surface area contributed by atoms with Gasteiger partial charge in [0.15, 0.2) is 0 Å². The number of ketones is 2. The van der Waals surface area contributed by atoms with Crippen LogP contribution in [-0.2, 0) is 9.59 Å². The number of carbonyl (C=O) groups excluding carboxylic acids is 2. The second-order valence-corrected chi connectivity index (χ2v) is 3.96. The summed E-state index contributed by atoms with van der Waals surface area (Å²) in [6.07, 6.45) is 11.3. The average molecular weight is 199 g/mol. The van der Waals surface area contributed by atoms with Crippen molar-refractivity contribution < 1.29 is 9.59 Å². The van der Waals surface area contributed by atoms with Crippen LogP contribution in [0.15, 0.2) is 47.9 Å². The van der Waals surface area contributed by atoms with Gasteiger partial charge in [0.1, 0.15) is 0 Å². The van der Waals surface area contributed by atoms with Crippen molar-refractivity contribution in [3.05, 3.63) is 47.9 Å². The minimum atomic E-state index is -0.402. The van der Waals surface area contributed by atoms with Crippen LogP contribution in [0.1, 0.15) is 6.42 Å². The van der Waals surface area contributed by atoms with E-state index < -0.39 is 5.78 Å². The van der Waals surface area contributed by atoms with E-state index in [9.17, 15) is 9.59 Å². The van der Waals surface area contributed by atoms with Gasteiger partial charge in [-0.15, -0.1) is 0 Å². The molecule has 1 heterocycles. The first-order chi connectivity index (χ1) is 7.22. The molecule has 0 fully saturated rings. The molecule has 1 atom stereocenters. The topological polar surface area (TPSA) is 46.2 Å². The zero-order valence-electron chi connectivity index (χ0n) is 7.99. The van der Waals surface area contributed by atoms with Gasteiger partial charge in [0.25, 0.3) is 0 Å². The van der Waals surface area contributed by atoms with Crippen molar-refractivity contribution in [3.63, 3.8) is 0 Å². The molecule has 0 saturated heterocycles. The Hall–Kier alpha value is -1.90. The Morgan fingerprint density at radius 2 is 2.13 bits per heavy atom. The highest BCUT2D eigenvalue weighted by atomic mass is 16.2. The largest absolute Gasteiger partial charge is 0.364 e. The van der Waals surface area contributed by atoms with Gasteiger partial charge in [0.2, 0.25) is 11.6 Å². The lowest BCUT2D eigenvalue weighted by molar-refractivity contribution is -0.135. The molecule has 3 aliphatic rings. The highest BCUT2D eigenvalue weighted by Gasteiger charge is 2.45. The maximum absolute atomic E-state index is 11.5. The molecular weight excluding hydrogens is 190 g/mol. The van der Waals surface area contributed by atoms with Gasteiger partial charge in [-0.05, 0) is 5.57 Å². The van der Waals surface area contributed by atoms with E-state index in [0.29, 0.717) is 0 Å². The molecule has 3 nitrogen and oxygen atoms in total. The van der Waals surface area contributed by atoms with Crippen LogP contribution in [0.3, 0.4) is 0 Å². The maximum Gasteiger partial charge on any atom is 0.223 e. The summed E-state index contributed by atoms with van der Waals surface area (Å²) in [5.74, 6) is -0.714. The Balaban J connectivity index is 2.19. The Labute approximate surface area is 86.9 Å². The highest BCUT2D eigenvalue weighted by molar-refractivity contribution is 6.42. The van der Waals surface area contributed by atoms with Gasteiger partial charge < -0.3 is 5.32 Å². The molecule has 74 valence electrons. The third kappa shape index (κ3) is 0.947. The Morgan fingerprint density at radius 1 is 1.27 bits per heavy atom. The molecule has 15 heavy (non-hydrogen) atoms. The number of carbonyl (C=O) groups is 2. The first-order valence-electron chi connectivity index (χ1n) is 4.85. The zero-order chi connectivity index (χ0) is 10.5. The van der Waals surface area contributed by atoms with Crippen LogP contribution in [0, 0.1) is 5.41 Å². The van der Waals surface area contributed by atoms with Crippen molar-refractivity contribution in [3.8, 4) is 0 Å². The molecule has 0 aromatic rings. The van der Waals surface area contributed by atoms with E-state index in [1.807, 2.05) is 30.5 Å². The molecule has 0 radical (unpaired) electrons. The van der Waals surface area contributed by atoms with Gasteiger partial charge in [-0.25, -0.2) is 0 Å². The predicted molar refractivity (Wildman–Crippen MR) is 54.6 cm³/mol. The molecule has 0 amide bonds. The van der Waals surface area contributed by atoms with E-state index in [1.165, 1.54) is 6.08 Å². The molecule has 3 heteroatoms. The van der Waals surface area contributed by atoms with E-state index in [2.05, 4.69) is 5.32 Å². The first-order valence-corrected chi connectivity index (χ1v) is 4.85. The third-order valence-electron chi connectivity index (χ3n) is 3.14. The lowest BCUT2D eigenvalue weighted by Gasteiger charge is -2.32. The average Bonchev–Trinajstić information content (AvgIpc) is 2.58. The fourth-order valence-electron chi connectivity index (χ4n) is 2.31. The lowest BCUT2D eigenvalue weighted by Crippen LogP contribution is -2.34. The van der Waals surface area contributed by atoms with Gasteiger partial charge >= 0.3 is 0 Å². The van der Waals surface area contributed by atoms with Gasteiger partial charge in [-0.2, -0.15) is 0 Å². The molecule has 0 aromatic heterocycles. The van der Waals surface area contributed by atoms with E-state index >= 15 is 0 Å². The Kier molecular flexibility index (Phi) is 1.44. The number of nitrogens with one attached hydrogen (secondary N) is 1. The number of hydrogen-bond donors (Lipinski definition) is 1. The summed E-state index contributed by atoms with van der Waals surface area (Å²) >= 11 is 0. The van der Waals surface area contributed by atoms with Crippen molar-refractivity contribution in [2.75, 3.05) is 0 Å². The monoisotopic (exact) mass is 199 g/mol. The second kappa shape index (κ2) is 2.57. The van der Waals surface area contributed by atoms with E-state index in [-0.39, 0.29) is 17.6 Å². The number of rotatable bonds is 0. The predicted octanol–water partition coefficient (Wildman–Crippen LogP) is 1.01. The summed E-state index contributed by atoms with van der Waals surface area (Å²) in [6, 6.07) is 0. The molecule has 1 N–H and O–H groups in total. The van der Waals surface area contributed by atoms with Gasteiger partial charge in [0, 0.05) is 24.4 Å². The standard InChI is InChI=1S/C12H9NO2/c14-9-5-11-12(6-10(9)15)4-2-1-3-8(12)7-13-11/h1-5,7,13H,6H2. The second-order valence-electron chi connectivity index (χ2n) is 3.96. The fraction of sp³-hybridized carbons (Fsp3) is 0.167. The molecule has 1 spiro atoms. The summed E-state index contributed by atoms with van der Waals surface area (Å²) in [4.78, 5) is 22.8. The summed E-state index contributed by atoms with van der Waals surface area (Å²) < 4.78 is 0. The van der Waals surface area contributed by atoms with Crippen LogP contribution in [0.5, 0.6) is 0 Å². The molecule has 3 rings (SSSR count). The summed E-state index contributed by atoms with van der Waals surface area (Å²) in [6.45, 7) is 0. The van der Waals surface area contributed by atoms with Crippen molar-refractivity contribution in [1.82, 2.24) is 5.32 Å². The number of hydrogen-bond acceptors (Lipinski definition) is 3.